The molecule has 1 aliphatic heterocycles. The lowest BCUT2D eigenvalue weighted by molar-refractivity contribution is -0.916. The third-order valence-corrected chi connectivity index (χ3v) is 11.6. The van der Waals surface area contributed by atoms with E-state index in [1.165, 1.54) is 56.3 Å². The van der Waals surface area contributed by atoms with Crippen LogP contribution in [0.3, 0.4) is 0 Å². The van der Waals surface area contributed by atoms with Gasteiger partial charge in [0.2, 0.25) is 0 Å². The first-order valence-electron chi connectivity index (χ1n) is 9.10. The maximum absolute atomic E-state index is 12.0. The Bertz CT molecular complexity index is 849. The van der Waals surface area contributed by atoms with E-state index in [-0.39, 0.29) is 0 Å². The number of hydrogen-bond acceptors (Lipinski definition) is 6. The number of quaternary nitrogens is 1. The summed E-state index contributed by atoms with van der Waals surface area (Å²) >= 11 is 0. The molecule has 0 bridgehead atoms. The molecule has 1 saturated heterocycles. The Hall–Kier alpha value is -0.820. The van der Waals surface area contributed by atoms with E-state index in [0.717, 1.165) is 0 Å². The van der Waals surface area contributed by atoms with Crippen molar-refractivity contribution in [1.29, 1.82) is 0 Å². The first-order chi connectivity index (χ1) is 14.4. The van der Waals surface area contributed by atoms with Crippen molar-refractivity contribution in [2.24, 2.45) is 0 Å². The van der Waals surface area contributed by atoms with E-state index in [9.17, 15) is 64.8 Å². The minimum Gasteiger partial charge on any atom is -0.324 e. The summed E-state index contributed by atoms with van der Waals surface area (Å²) < 4.78 is 169. The van der Waals surface area contributed by atoms with Gasteiger partial charge < -0.3 is 4.48 Å². The van der Waals surface area contributed by atoms with Gasteiger partial charge in [-0.3, -0.25) is 25.3 Å². The molecule has 0 aliphatic carbocycles. The summed E-state index contributed by atoms with van der Waals surface area (Å²) in [6.45, 7) is 10.4. The second-order valence-corrected chi connectivity index (χ2v) is 13.5. The summed E-state index contributed by atoms with van der Waals surface area (Å²) in [4.78, 5) is 0. The second kappa shape index (κ2) is 10.4. The smallest absolute Gasteiger partial charge is 0.324 e. The molecule has 19 heteroatoms. The molecule has 33 heavy (non-hydrogen) atoms. The molecular formula is C14H22F9NO6S3. The fraction of sp³-hybridized carbons (Fsp3) is 0.929. The molecule has 0 aromatic heterocycles. The molecule has 0 amide bonds. The van der Waals surface area contributed by atoms with E-state index in [2.05, 4.69) is 13.8 Å². The van der Waals surface area contributed by atoms with Gasteiger partial charge in [-0.25, -0.2) is 0 Å². The van der Waals surface area contributed by atoms with E-state index >= 15 is 0 Å². The van der Waals surface area contributed by atoms with Crippen LogP contribution >= 0.6 is 0 Å². The largest absolute Gasteiger partial charge is 0.470 e. The summed E-state index contributed by atoms with van der Waals surface area (Å²) in [5.74, 6) is 0. The maximum atomic E-state index is 12.0. The van der Waals surface area contributed by atoms with Crippen molar-refractivity contribution in [2.45, 2.75) is 56.1 Å². The third-order valence-electron chi connectivity index (χ3n) is 4.48. The van der Waals surface area contributed by atoms with Gasteiger partial charge in [-0.2, -0.15) is 39.5 Å². The summed E-state index contributed by atoms with van der Waals surface area (Å²) in [7, 11) is -24.1. The lowest BCUT2D eigenvalue weighted by Crippen LogP contribution is -2.47. The summed E-state index contributed by atoms with van der Waals surface area (Å²) in [5, 5.41) is 0. The van der Waals surface area contributed by atoms with Gasteiger partial charge in [0, 0.05) is 12.8 Å². The molecule has 0 spiro atoms. The van der Waals surface area contributed by atoms with Gasteiger partial charge in [0.15, 0.2) is 29.5 Å². The van der Waals surface area contributed by atoms with E-state index in [0.29, 0.717) is 0 Å². The highest BCUT2D eigenvalue weighted by atomic mass is 32.3. The van der Waals surface area contributed by atoms with E-state index in [4.69, 9.17) is 0 Å². The monoisotopic (exact) mass is 567 g/mol. The second-order valence-electron chi connectivity index (χ2n) is 7.04. The Balaban J connectivity index is 0.000000771. The zero-order chi connectivity index (χ0) is 26.7. The van der Waals surface area contributed by atoms with Gasteiger partial charge in [-0.05, 0) is 12.8 Å². The van der Waals surface area contributed by atoms with Crippen LogP contribution in [0.15, 0.2) is 0 Å². The Morgan fingerprint density at radius 2 is 0.848 bits per heavy atom. The fourth-order valence-corrected chi connectivity index (χ4v) is 8.96. The maximum Gasteiger partial charge on any atom is 0.470 e. The van der Waals surface area contributed by atoms with Crippen molar-refractivity contribution in [2.75, 3.05) is 26.2 Å². The molecule has 0 aromatic carbocycles. The lowest BCUT2D eigenvalue weighted by atomic mass is 10.3. The van der Waals surface area contributed by atoms with E-state index in [1.807, 2.05) is 0 Å². The van der Waals surface area contributed by atoms with Gasteiger partial charge in [0.25, 0.3) is 0 Å². The molecule has 1 heterocycles. The van der Waals surface area contributed by atoms with Gasteiger partial charge in [-0.15, -0.1) is 0 Å². The highest BCUT2D eigenvalue weighted by Crippen LogP contribution is 2.47. The highest BCUT2D eigenvalue weighted by molar-refractivity contribution is 8.29. The summed E-state index contributed by atoms with van der Waals surface area (Å²) in [5.41, 5.74) is -21.2. The van der Waals surface area contributed by atoms with Gasteiger partial charge >= 0.3 is 16.5 Å². The molecule has 0 saturated carbocycles. The van der Waals surface area contributed by atoms with Gasteiger partial charge in [0.05, 0.1) is 30.1 Å². The Kier molecular flexibility index (Phi) is 10.2. The van der Waals surface area contributed by atoms with Crippen molar-refractivity contribution < 1.29 is 69.3 Å². The predicted molar refractivity (Wildman–Crippen MR) is 97.7 cm³/mol. The molecule has 0 N–H and O–H groups in total. The normalized spacial score (nSPS) is 18.2. The van der Waals surface area contributed by atoms with Crippen LogP contribution in [0.1, 0.15) is 39.5 Å². The number of sulfone groups is 3. The van der Waals surface area contributed by atoms with Crippen molar-refractivity contribution in [3.63, 3.8) is 0 Å². The van der Waals surface area contributed by atoms with Crippen molar-refractivity contribution in [1.82, 2.24) is 0 Å². The third kappa shape index (κ3) is 7.09. The van der Waals surface area contributed by atoms with Crippen LogP contribution in [0.25, 0.3) is 0 Å². The summed E-state index contributed by atoms with van der Waals surface area (Å²) in [6.07, 6.45) is 5.67. The first kappa shape index (κ1) is 32.2. The van der Waals surface area contributed by atoms with Gasteiger partial charge in [0.1, 0.15) is 0 Å². The molecular weight excluding hydrogens is 545 g/mol. The molecule has 0 radical (unpaired) electrons. The first-order valence-corrected chi connectivity index (χ1v) is 13.6. The minimum atomic E-state index is -8.02. The Morgan fingerprint density at radius 1 is 0.606 bits per heavy atom. The fourth-order valence-electron chi connectivity index (χ4n) is 3.23. The zero-order valence-corrected chi connectivity index (χ0v) is 19.6. The molecule has 1 aliphatic rings. The van der Waals surface area contributed by atoms with E-state index < -0.39 is 50.0 Å². The van der Waals surface area contributed by atoms with Crippen LogP contribution in [0.2, 0.25) is 0 Å². The zero-order valence-electron chi connectivity index (χ0n) is 17.2. The quantitative estimate of drug-likeness (QED) is 0.265. The molecule has 7 nitrogen and oxygen atoms in total. The summed E-state index contributed by atoms with van der Waals surface area (Å²) in [6, 6.07) is 0. The lowest BCUT2D eigenvalue weighted by Gasteiger charge is -2.33. The average Bonchev–Trinajstić information content (AvgIpc) is 3.00. The number of rotatable bonds is 7. The SMILES string of the molecule is CCC[N+]1(CCC)CCCC1.O=S(=O)([C-](S(=O)(=O)C(F)(F)F)S(=O)(=O)C(F)(F)F)C(F)(F)F. The van der Waals surface area contributed by atoms with Crippen molar-refractivity contribution >= 4 is 29.5 Å². The number of likely N-dealkylation sites (tertiary alicyclic amines) is 1. The molecule has 200 valence electrons. The van der Waals surface area contributed by atoms with Crippen LogP contribution in [0, 0.1) is 3.91 Å². The van der Waals surface area contributed by atoms with Crippen LogP contribution < -0.4 is 0 Å². The van der Waals surface area contributed by atoms with Crippen LogP contribution in [0.4, 0.5) is 39.5 Å². The number of halogens is 9. The topological polar surface area (TPSA) is 102 Å². The Labute approximate surface area is 185 Å². The number of nitrogens with zero attached hydrogens (tertiary/aromatic N) is 1. The Morgan fingerprint density at radius 3 is 1.03 bits per heavy atom. The predicted octanol–water partition coefficient (Wildman–Crippen LogP) is 3.65. The molecule has 1 rings (SSSR count). The average molecular weight is 568 g/mol. The van der Waals surface area contributed by atoms with Gasteiger partial charge in [-0.1, -0.05) is 13.8 Å². The van der Waals surface area contributed by atoms with E-state index in [1.54, 1.807) is 0 Å². The molecule has 1 fully saturated rings. The van der Waals surface area contributed by atoms with Crippen molar-refractivity contribution in [3.8, 4) is 0 Å². The van der Waals surface area contributed by atoms with Crippen LogP contribution in [-0.2, 0) is 29.5 Å². The number of hydrogen-bond donors (Lipinski definition) is 0. The molecule has 0 aromatic rings. The standard InChI is InChI=1S/C10H22N.C4F9O6S3/c1-3-7-11(8-4-2)9-5-6-10-11;5-2(6,7)20(14,15)1(21(16,17)3(8,9)10)22(18,19)4(11,12)13/h3-10H2,1-2H3;/q+1;-1. The molecule has 0 atom stereocenters. The number of alkyl halides is 9. The van der Waals surface area contributed by atoms with Crippen molar-refractivity contribution in [3.05, 3.63) is 3.91 Å². The minimum absolute atomic E-state index is 1.36. The highest BCUT2D eigenvalue weighted by Gasteiger charge is 2.63. The molecule has 0 unspecified atom stereocenters. The van der Waals surface area contributed by atoms with Crippen LogP contribution in [-0.4, -0.2) is 72.4 Å². The van der Waals surface area contributed by atoms with Crippen LogP contribution in [0.5, 0.6) is 0 Å².